The van der Waals surface area contributed by atoms with Gasteiger partial charge in [-0.25, -0.2) is 4.79 Å². The lowest BCUT2D eigenvalue weighted by atomic mass is 10.0. The lowest BCUT2D eigenvalue weighted by Crippen LogP contribution is -2.27. The first-order chi connectivity index (χ1) is 9.49. The van der Waals surface area contributed by atoms with Crippen LogP contribution in [-0.2, 0) is 0 Å². The Morgan fingerprint density at radius 1 is 1.30 bits per heavy atom. The van der Waals surface area contributed by atoms with E-state index in [9.17, 15) is 4.79 Å². The second kappa shape index (κ2) is 6.24. The van der Waals surface area contributed by atoms with Crippen molar-refractivity contribution in [3.63, 3.8) is 0 Å². The molecule has 0 aromatic carbocycles. The third-order valence-corrected chi connectivity index (χ3v) is 4.17. The predicted molar refractivity (Wildman–Crippen MR) is 79.1 cm³/mol. The van der Waals surface area contributed by atoms with E-state index in [-0.39, 0.29) is 17.8 Å². The van der Waals surface area contributed by atoms with Crippen molar-refractivity contribution < 1.29 is 14.3 Å². The Labute approximate surface area is 122 Å². The number of furan rings is 1. The molecule has 4 nitrogen and oxygen atoms in total. The molecular weight excluding hydrogens is 274 g/mol. The Morgan fingerprint density at radius 3 is 2.55 bits per heavy atom. The third kappa shape index (κ3) is 3.29. The van der Waals surface area contributed by atoms with Crippen LogP contribution in [0.5, 0.6) is 0 Å². The zero-order chi connectivity index (χ0) is 14.7. The lowest BCUT2D eigenvalue weighted by molar-refractivity contribution is 0.0659. The molecule has 2 aromatic heterocycles. The first-order valence-corrected chi connectivity index (χ1v) is 7.49. The number of nitrogens with one attached hydrogen (secondary N) is 1. The fourth-order valence-electron chi connectivity index (χ4n) is 2.12. The number of carboxylic acid groups (broad SMARTS) is 1. The summed E-state index contributed by atoms with van der Waals surface area (Å²) in [5.41, 5.74) is 0. The molecular formula is C15H19NO3S. The number of carbonyl (C=O) groups is 1. The number of hydrogen-bond acceptors (Lipinski definition) is 4. The Hall–Kier alpha value is -1.59. The maximum absolute atomic E-state index is 10.8. The van der Waals surface area contributed by atoms with Gasteiger partial charge in [0.2, 0.25) is 5.76 Å². The number of carboxylic acids is 1. The summed E-state index contributed by atoms with van der Waals surface area (Å²) in [5, 5.41) is 14.5. The zero-order valence-corrected chi connectivity index (χ0v) is 12.6. The van der Waals surface area contributed by atoms with E-state index in [0.717, 1.165) is 0 Å². The fraction of sp³-hybridized carbons (Fsp3) is 0.400. The minimum absolute atomic E-state index is 0.0223. The highest BCUT2D eigenvalue weighted by molar-refractivity contribution is 7.10. The molecule has 2 rings (SSSR count). The minimum Gasteiger partial charge on any atom is -0.475 e. The molecule has 0 spiro atoms. The van der Waals surface area contributed by atoms with Crippen LogP contribution in [0.15, 0.2) is 34.1 Å². The normalized spacial score (nSPS) is 14.4. The van der Waals surface area contributed by atoms with Crippen molar-refractivity contribution in [3.8, 4) is 0 Å². The second-order valence-corrected chi connectivity index (χ2v) is 6.11. The minimum atomic E-state index is -1.04. The fourth-order valence-corrected chi connectivity index (χ4v) is 3.08. The lowest BCUT2D eigenvalue weighted by Gasteiger charge is -2.24. The summed E-state index contributed by atoms with van der Waals surface area (Å²) in [6.45, 7) is 6.30. The molecule has 108 valence electrons. The van der Waals surface area contributed by atoms with E-state index >= 15 is 0 Å². The second-order valence-electron chi connectivity index (χ2n) is 5.13. The largest absolute Gasteiger partial charge is 0.475 e. The molecule has 0 amide bonds. The summed E-state index contributed by atoms with van der Waals surface area (Å²) >= 11 is 1.72. The van der Waals surface area contributed by atoms with Crippen molar-refractivity contribution in [1.29, 1.82) is 0 Å². The van der Waals surface area contributed by atoms with Gasteiger partial charge in [0, 0.05) is 10.9 Å². The molecule has 0 aliphatic carbocycles. The molecule has 2 unspecified atom stereocenters. The van der Waals surface area contributed by atoms with Gasteiger partial charge in [-0.1, -0.05) is 19.9 Å². The van der Waals surface area contributed by atoms with E-state index in [2.05, 4.69) is 30.6 Å². The maximum Gasteiger partial charge on any atom is 0.371 e. The van der Waals surface area contributed by atoms with Crippen molar-refractivity contribution in [2.45, 2.75) is 32.9 Å². The molecule has 0 radical (unpaired) electrons. The molecule has 5 heteroatoms. The van der Waals surface area contributed by atoms with Gasteiger partial charge < -0.3 is 9.52 Å². The van der Waals surface area contributed by atoms with Gasteiger partial charge in [0.15, 0.2) is 0 Å². The van der Waals surface area contributed by atoms with Crippen molar-refractivity contribution in [1.82, 2.24) is 5.32 Å². The summed E-state index contributed by atoms with van der Waals surface area (Å²) in [4.78, 5) is 12.1. The average molecular weight is 293 g/mol. The van der Waals surface area contributed by atoms with Gasteiger partial charge >= 0.3 is 5.97 Å². The van der Waals surface area contributed by atoms with Crippen molar-refractivity contribution in [3.05, 3.63) is 46.0 Å². The van der Waals surface area contributed by atoms with Crippen molar-refractivity contribution >= 4 is 17.3 Å². The van der Waals surface area contributed by atoms with Crippen molar-refractivity contribution in [2.24, 2.45) is 5.92 Å². The zero-order valence-electron chi connectivity index (χ0n) is 11.8. The first kappa shape index (κ1) is 14.8. The van der Waals surface area contributed by atoms with E-state index in [1.54, 1.807) is 17.4 Å². The number of thiophene rings is 1. The van der Waals surface area contributed by atoms with E-state index in [1.807, 2.05) is 13.0 Å². The topological polar surface area (TPSA) is 62.5 Å². The molecule has 2 N–H and O–H groups in total. The quantitative estimate of drug-likeness (QED) is 0.842. The SMILES string of the molecule is CC(NC(c1cccs1)C(C)C)c1ccc(C(=O)O)o1. The summed E-state index contributed by atoms with van der Waals surface area (Å²) in [6, 6.07) is 7.54. The maximum atomic E-state index is 10.8. The molecule has 0 aliphatic rings. The van der Waals surface area contributed by atoms with E-state index in [4.69, 9.17) is 9.52 Å². The third-order valence-electron chi connectivity index (χ3n) is 3.21. The Kier molecular flexibility index (Phi) is 4.62. The van der Waals surface area contributed by atoms with Gasteiger partial charge in [0.05, 0.1) is 6.04 Å². The van der Waals surface area contributed by atoms with Crippen LogP contribution in [0.1, 0.15) is 54.0 Å². The molecule has 0 saturated heterocycles. The first-order valence-electron chi connectivity index (χ1n) is 6.61. The van der Waals surface area contributed by atoms with Gasteiger partial charge in [0.25, 0.3) is 0 Å². The molecule has 2 atom stereocenters. The number of hydrogen-bond donors (Lipinski definition) is 2. The number of aromatic carboxylic acids is 1. The van der Waals surface area contributed by atoms with Crippen LogP contribution in [0.25, 0.3) is 0 Å². The molecule has 0 aliphatic heterocycles. The van der Waals surface area contributed by atoms with Gasteiger partial charge in [-0.15, -0.1) is 11.3 Å². The average Bonchev–Trinajstić information content (AvgIpc) is 3.05. The Bertz CT molecular complexity index is 559. The highest BCUT2D eigenvalue weighted by atomic mass is 32.1. The van der Waals surface area contributed by atoms with Crippen LogP contribution in [0.3, 0.4) is 0 Å². The summed E-state index contributed by atoms with van der Waals surface area (Å²) in [5.74, 6) is 0.0163. The predicted octanol–water partition coefficient (Wildman–Crippen LogP) is 4.09. The van der Waals surface area contributed by atoms with Gasteiger partial charge in [-0.2, -0.15) is 0 Å². The van der Waals surface area contributed by atoms with E-state index in [1.165, 1.54) is 10.9 Å². The Balaban J connectivity index is 2.11. The monoisotopic (exact) mass is 293 g/mol. The highest BCUT2D eigenvalue weighted by Crippen LogP contribution is 2.29. The molecule has 0 fully saturated rings. The van der Waals surface area contributed by atoms with Crippen molar-refractivity contribution in [2.75, 3.05) is 0 Å². The molecule has 0 saturated carbocycles. The molecule has 0 bridgehead atoms. The highest BCUT2D eigenvalue weighted by Gasteiger charge is 2.21. The van der Waals surface area contributed by atoms with Crippen LogP contribution in [0.4, 0.5) is 0 Å². The van der Waals surface area contributed by atoms with Crippen LogP contribution in [0, 0.1) is 5.92 Å². The van der Waals surface area contributed by atoms with E-state index < -0.39 is 5.97 Å². The van der Waals surface area contributed by atoms with Gasteiger partial charge in [-0.05, 0) is 36.4 Å². The molecule has 2 heterocycles. The summed E-state index contributed by atoms with van der Waals surface area (Å²) < 4.78 is 5.35. The van der Waals surface area contributed by atoms with Gasteiger partial charge in [0.1, 0.15) is 5.76 Å². The van der Waals surface area contributed by atoms with Crippen LogP contribution in [0.2, 0.25) is 0 Å². The molecule has 2 aromatic rings. The standard InChI is InChI=1S/C15H19NO3S/c1-9(2)14(13-5-4-8-20-13)16-10(3)11-6-7-12(19-11)15(17)18/h4-10,14,16H,1-3H3,(H,17,18). The molecule has 20 heavy (non-hydrogen) atoms. The number of rotatable bonds is 6. The van der Waals surface area contributed by atoms with Crippen LogP contribution < -0.4 is 5.32 Å². The smallest absolute Gasteiger partial charge is 0.371 e. The van der Waals surface area contributed by atoms with Crippen LogP contribution >= 0.6 is 11.3 Å². The summed E-state index contributed by atoms with van der Waals surface area (Å²) in [6.07, 6.45) is 0. The van der Waals surface area contributed by atoms with E-state index in [0.29, 0.717) is 11.7 Å². The summed E-state index contributed by atoms with van der Waals surface area (Å²) in [7, 11) is 0. The van der Waals surface area contributed by atoms with Gasteiger partial charge in [-0.3, -0.25) is 5.32 Å². The van der Waals surface area contributed by atoms with Crippen LogP contribution in [-0.4, -0.2) is 11.1 Å². The Morgan fingerprint density at radius 2 is 2.05 bits per heavy atom.